The number of hydrogen-bond donors (Lipinski definition) is 1. The van der Waals surface area contributed by atoms with Crippen molar-refractivity contribution in [3.05, 3.63) is 0 Å². The fourth-order valence-corrected chi connectivity index (χ4v) is 5.05. The molecule has 1 N–H and O–H groups in total. The van der Waals surface area contributed by atoms with Crippen LogP contribution in [0.25, 0.3) is 0 Å². The van der Waals surface area contributed by atoms with Crippen LogP contribution in [-0.4, -0.2) is 23.1 Å². The Morgan fingerprint density at radius 3 is 2.11 bits per heavy atom. The van der Waals surface area contributed by atoms with Gasteiger partial charge in [-0.15, -0.1) is 0 Å². The zero-order valence-corrected chi connectivity index (χ0v) is 9.29. The maximum atomic E-state index is 9.38. The van der Waals surface area contributed by atoms with Crippen LogP contribution in [0.3, 0.4) is 0 Å². The van der Waals surface area contributed by atoms with E-state index >= 15 is 0 Å². The zero-order chi connectivity index (χ0) is 6.69. The summed E-state index contributed by atoms with van der Waals surface area (Å²) in [6, 6.07) is 0. The van der Waals surface area contributed by atoms with Gasteiger partial charge in [0, 0.05) is 9.76 Å². The van der Waals surface area contributed by atoms with Crippen LogP contribution in [-0.2, 0) is 0 Å². The van der Waals surface area contributed by atoms with Crippen molar-refractivity contribution in [3.63, 3.8) is 0 Å². The van der Waals surface area contributed by atoms with Crippen molar-refractivity contribution in [1.82, 2.24) is 0 Å². The third kappa shape index (κ3) is 2.23. The average molecular weight is 160 g/mol. The van der Waals surface area contributed by atoms with Crippen LogP contribution in [0.4, 0.5) is 0 Å². The Morgan fingerprint density at radius 1 is 1.22 bits per heavy atom. The van der Waals surface area contributed by atoms with E-state index in [-0.39, 0.29) is 0 Å². The van der Waals surface area contributed by atoms with E-state index in [1.165, 1.54) is 32.1 Å². The Hall–Kier alpha value is 0.394. The fraction of sp³-hybridized carbons (Fsp3) is 1.00. The molecule has 0 spiro atoms. The Labute approximate surface area is 61.4 Å². The van der Waals surface area contributed by atoms with Crippen LogP contribution in [0, 0.1) is 0 Å². The topological polar surface area (TPSA) is 20.2 Å². The van der Waals surface area contributed by atoms with E-state index in [0.29, 0.717) is 0 Å². The molecule has 0 radical (unpaired) electrons. The molecule has 0 saturated heterocycles. The highest BCUT2D eigenvalue weighted by molar-refractivity contribution is 6.99. The Morgan fingerprint density at radius 2 is 1.78 bits per heavy atom. The lowest BCUT2D eigenvalue weighted by atomic mass is 10.0. The van der Waals surface area contributed by atoms with Gasteiger partial charge in [-0.25, -0.2) is 0 Å². The third-order valence-corrected chi connectivity index (χ3v) is 7.19. The molecule has 0 aromatic carbocycles. The Balaban J connectivity index is 2.23. The summed E-state index contributed by atoms with van der Waals surface area (Å²) < 4.78 is 0. The first kappa shape index (κ1) is 7.50. The van der Waals surface area contributed by atoms with Crippen LogP contribution in [0.5, 0.6) is 0 Å². The van der Waals surface area contributed by atoms with Gasteiger partial charge in [0.2, 0.25) is 0 Å². The molecule has 54 valence electrons. The van der Waals surface area contributed by atoms with E-state index in [9.17, 15) is 4.80 Å². The van der Waals surface area contributed by atoms with E-state index in [0.717, 1.165) is 15.3 Å². The minimum atomic E-state index is -1.11. The van der Waals surface area contributed by atoms with E-state index in [1.54, 1.807) is 0 Å². The first-order chi connectivity index (χ1) is 4.30. The molecule has 1 unspecified atom stereocenters. The molecule has 0 aromatic rings. The Kier molecular flexibility index (Phi) is 2.95. The van der Waals surface area contributed by atoms with Gasteiger partial charge in [0.05, 0.1) is 0 Å². The number of hydrogen-bond acceptors (Lipinski definition) is 1. The molecule has 1 nitrogen and oxygen atoms in total. The monoisotopic (exact) mass is 160 g/mol. The molecule has 0 heterocycles. The van der Waals surface area contributed by atoms with Crippen molar-refractivity contribution >= 4 is 18.3 Å². The van der Waals surface area contributed by atoms with Crippen molar-refractivity contribution in [3.8, 4) is 0 Å². The lowest BCUT2D eigenvalue weighted by Crippen LogP contribution is -2.22. The summed E-state index contributed by atoms with van der Waals surface area (Å²) in [4.78, 5) is 9.38. The average Bonchev–Trinajstić information content (AvgIpc) is 1.90. The lowest BCUT2D eigenvalue weighted by molar-refractivity contribution is 0.460. The predicted octanol–water partition coefficient (Wildman–Crippen LogP) is -0.101. The van der Waals surface area contributed by atoms with Crippen LogP contribution in [0.15, 0.2) is 0 Å². The second-order valence-electron chi connectivity index (χ2n) is 3.14. The smallest absolute Gasteiger partial charge is 0.152 e. The molecule has 9 heavy (non-hydrogen) atoms. The zero-order valence-electron chi connectivity index (χ0n) is 6.14. The molecule has 0 aromatic heterocycles. The fourth-order valence-electron chi connectivity index (χ4n) is 1.62. The molecular weight excluding hydrogens is 144 g/mol. The first-order valence-corrected chi connectivity index (χ1v) is 9.79. The minimum absolute atomic E-state index is 0.811. The molecular formula is C6H16OSi2. The second kappa shape index (κ2) is 3.53. The maximum absolute atomic E-state index is 9.38. The molecule has 1 saturated carbocycles. The minimum Gasteiger partial charge on any atom is -0.438 e. The van der Waals surface area contributed by atoms with Crippen molar-refractivity contribution in [1.29, 1.82) is 0 Å². The van der Waals surface area contributed by atoms with Gasteiger partial charge in [-0.1, -0.05) is 32.1 Å². The lowest BCUT2D eigenvalue weighted by Gasteiger charge is -2.22. The SMILES string of the molecule is O[SiH]([SiH3])C1CCCCC1. The maximum Gasteiger partial charge on any atom is 0.152 e. The summed E-state index contributed by atoms with van der Waals surface area (Å²) in [7, 11) is -0.00864. The van der Waals surface area contributed by atoms with Crippen LogP contribution >= 0.6 is 0 Å². The molecule has 1 aliphatic rings. The molecule has 1 aliphatic carbocycles. The molecule has 1 rings (SSSR count). The van der Waals surface area contributed by atoms with E-state index < -0.39 is 8.56 Å². The Bertz CT molecular complexity index is 79.1. The van der Waals surface area contributed by atoms with Crippen molar-refractivity contribution in [2.24, 2.45) is 0 Å². The van der Waals surface area contributed by atoms with E-state index in [2.05, 4.69) is 0 Å². The molecule has 0 amide bonds. The summed E-state index contributed by atoms with van der Waals surface area (Å²) in [6.07, 6.45) is 6.88. The summed E-state index contributed by atoms with van der Waals surface area (Å²) in [6.45, 7) is 0. The van der Waals surface area contributed by atoms with Crippen LogP contribution in [0.1, 0.15) is 32.1 Å². The van der Waals surface area contributed by atoms with Gasteiger partial charge in [-0.05, 0) is 5.54 Å². The summed E-state index contributed by atoms with van der Waals surface area (Å²) in [5.74, 6) is 0. The van der Waals surface area contributed by atoms with Crippen molar-refractivity contribution in [2.75, 3.05) is 0 Å². The van der Waals surface area contributed by atoms with Gasteiger partial charge in [0.1, 0.15) is 0 Å². The van der Waals surface area contributed by atoms with Crippen LogP contribution < -0.4 is 0 Å². The first-order valence-electron chi connectivity index (χ1n) is 3.99. The number of rotatable bonds is 1. The summed E-state index contributed by atoms with van der Waals surface area (Å²) in [5.41, 5.74) is 0.811. The standard InChI is InChI=1S/C6H16OSi2/c7-9(8)6-4-2-1-3-5-6/h6-7,9H,1-5H2,8H3. The molecule has 0 aliphatic heterocycles. The van der Waals surface area contributed by atoms with Gasteiger partial charge in [-0.3, -0.25) is 0 Å². The van der Waals surface area contributed by atoms with E-state index in [1.807, 2.05) is 0 Å². The summed E-state index contributed by atoms with van der Waals surface area (Å²) in [5, 5.41) is 0. The molecule has 3 heteroatoms. The van der Waals surface area contributed by atoms with Gasteiger partial charge in [-0.2, -0.15) is 0 Å². The molecule has 1 atom stereocenters. The van der Waals surface area contributed by atoms with E-state index in [4.69, 9.17) is 0 Å². The largest absolute Gasteiger partial charge is 0.438 e. The molecule has 1 fully saturated rings. The van der Waals surface area contributed by atoms with Crippen molar-refractivity contribution < 1.29 is 4.80 Å². The van der Waals surface area contributed by atoms with Crippen LogP contribution in [0.2, 0.25) is 5.54 Å². The van der Waals surface area contributed by atoms with Gasteiger partial charge >= 0.3 is 0 Å². The normalized spacial score (nSPS) is 26.3. The predicted molar refractivity (Wildman–Crippen MR) is 46.1 cm³/mol. The van der Waals surface area contributed by atoms with Gasteiger partial charge in [0.15, 0.2) is 8.56 Å². The van der Waals surface area contributed by atoms with Crippen molar-refractivity contribution in [2.45, 2.75) is 37.6 Å². The quantitative estimate of drug-likeness (QED) is 0.531. The van der Waals surface area contributed by atoms with Gasteiger partial charge < -0.3 is 4.80 Å². The summed E-state index contributed by atoms with van der Waals surface area (Å²) >= 11 is 0. The molecule has 0 bridgehead atoms. The second-order valence-corrected chi connectivity index (χ2v) is 9.11. The highest BCUT2D eigenvalue weighted by atomic mass is 29.2. The van der Waals surface area contributed by atoms with Gasteiger partial charge in [0.25, 0.3) is 0 Å². The third-order valence-electron chi connectivity index (χ3n) is 2.33. The highest BCUT2D eigenvalue weighted by Crippen LogP contribution is 2.28. The highest BCUT2D eigenvalue weighted by Gasteiger charge is 2.18.